The molecule has 0 bridgehead atoms. The van der Waals surface area contributed by atoms with Gasteiger partial charge in [-0.3, -0.25) is 4.79 Å². The van der Waals surface area contributed by atoms with E-state index in [4.69, 9.17) is 5.14 Å². The molecule has 0 aliphatic rings. The molecular formula is C12H20N2O3S2. The lowest BCUT2D eigenvalue weighted by atomic mass is 10.1. The van der Waals surface area contributed by atoms with Gasteiger partial charge in [-0.15, -0.1) is 11.3 Å². The summed E-state index contributed by atoms with van der Waals surface area (Å²) in [6, 6.07) is 1.39. The Morgan fingerprint density at radius 3 is 2.68 bits per heavy atom. The van der Waals surface area contributed by atoms with Crippen LogP contribution in [0.25, 0.3) is 0 Å². The van der Waals surface area contributed by atoms with Gasteiger partial charge in [-0.25, -0.2) is 13.6 Å². The second-order valence-electron chi connectivity index (χ2n) is 4.57. The number of thiophene rings is 1. The Kier molecular flexibility index (Phi) is 5.96. The van der Waals surface area contributed by atoms with Gasteiger partial charge in [-0.1, -0.05) is 26.2 Å². The van der Waals surface area contributed by atoms with E-state index in [2.05, 4.69) is 12.2 Å². The van der Waals surface area contributed by atoms with Crippen LogP contribution in [-0.4, -0.2) is 20.4 Å². The Hall–Kier alpha value is -0.920. The molecule has 1 atom stereocenters. The van der Waals surface area contributed by atoms with Gasteiger partial charge >= 0.3 is 0 Å². The first-order valence-corrected chi connectivity index (χ1v) is 8.69. The van der Waals surface area contributed by atoms with Crippen LogP contribution >= 0.6 is 11.3 Å². The van der Waals surface area contributed by atoms with Crippen molar-refractivity contribution < 1.29 is 13.2 Å². The van der Waals surface area contributed by atoms with E-state index >= 15 is 0 Å². The Bertz CT molecular complexity index is 523. The number of carbonyl (C=O) groups is 1. The summed E-state index contributed by atoms with van der Waals surface area (Å²) in [6.45, 7) is 4.07. The fourth-order valence-electron chi connectivity index (χ4n) is 1.66. The molecule has 19 heavy (non-hydrogen) atoms. The first kappa shape index (κ1) is 16.1. The van der Waals surface area contributed by atoms with Gasteiger partial charge < -0.3 is 5.32 Å². The quantitative estimate of drug-likeness (QED) is 0.756. The zero-order valence-corrected chi connectivity index (χ0v) is 12.8. The van der Waals surface area contributed by atoms with Crippen molar-refractivity contribution in [2.75, 3.05) is 0 Å². The predicted octanol–water partition coefficient (Wildman–Crippen LogP) is 2.09. The maximum atomic E-state index is 11.9. The molecule has 1 heterocycles. The number of unbranched alkanes of at least 4 members (excludes halogenated alkanes) is 2. The van der Waals surface area contributed by atoms with Crippen molar-refractivity contribution in [3.63, 3.8) is 0 Å². The van der Waals surface area contributed by atoms with Crippen LogP contribution in [0.15, 0.2) is 15.7 Å². The standard InChI is InChI=1S/C12H20N2O3S2/c1-3-4-5-6-9(2)14-12(15)10-7-11(18-8-10)19(13,16)17/h7-9H,3-6H2,1-2H3,(H,14,15)(H2,13,16,17). The van der Waals surface area contributed by atoms with Crippen LogP contribution in [0.4, 0.5) is 0 Å². The minimum Gasteiger partial charge on any atom is -0.350 e. The topological polar surface area (TPSA) is 89.3 Å². The molecule has 0 aromatic carbocycles. The largest absolute Gasteiger partial charge is 0.350 e. The smallest absolute Gasteiger partial charge is 0.252 e. The van der Waals surface area contributed by atoms with Crippen LogP contribution in [0.2, 0.25) is 0 Å². The highest BCUT2D eigenvalue weighted by molar-refractivity contribution is 7.91. The van der Waals surface area contributed by atoms with Gasteiger partial charge in [0.2, 0.25) is 10.0 Å². The highest BCUT2D eigenvalue weighted by Gasteiger charge is 2.16. The van der Waals surface area contributed by atoms with Crippen molar-refractivity contribution in [1.82, 2.24) is 5.32 Å². The van der Waals surface area contributed by atoms with Crippen LogP contribution in [0.5, 0.6) is 0 Å². The normalized spacial score (nSPS) is 13.2. The lowest BCUT2D eigenvalue weighted by molar-refractivity contribution is 0.0938. The fraction of sp³-hybridized carbons (Fsp3) is 0.583. The van der Waals surface area contributed by atoms with Gasteiger partial charge in [0.15, 0.2) is 0 Å². The Morgan fingerprint density at radius 1 is 1.47 bits per heavy atom. The molecule has 7 heteroatoms. The van der Waals surface area contributed by atoms with E-state index in [1.165, 1.54) is 11.4 Å². The number of nitrogens with two attached hydrogens (primary N) is 1. The monoisotopic (exact) mass is 304 g/mol. The maximum Gasteiger partial charge on any atom is 0.252 e. The van der Waals surface area contributed by atoms with Crippen LogP contribution < -0.4 is 10.5 Å². The lowest BCUT2D eigenvalue weighted by Gasteiger charge is -2.12. The summed E-state index contributed by atoms with van der Waals surface area (Å²) in [5.41, 5.74) is 0.344. The summed E-state index contributed by atoms with van der Waals surface area (Å²) < 4.78 is 22.3. The van der Waals surface area contributed by atoms with Crippen molar-refractivity contribution in [3.8, 4) is 0 Å². The average molecular weight is 304 g/mol. The number of amides is 1. The van der Waals surface area contributed by atoms with Crippen LogP contribution in [0.3, 0.4) is 0 Å². The van der Waals surface area contributed by atoms with Crippen molar-refractivity contribution in [2.24, 2.45) is 5.14 Å². The van der Waals surface area contributed by atoms with Crippen molar-refractivity contribution in [2.45, 2.75) is 49.8 Å². The molecule has 5 nitrogen and oxygen atoms in total. The molecule has 1 amide bonds. The van der Waals surface area contributed by atoms with Gasteiger partial charge in [-0.2, -0.15) is 0 Å². The van der Waals surface area contributed by atoms with Crippen molar-refractivity contribution >= 4 is 27.3 Å². The van der Waals surface area contributed by atoms with Gasteiger partial charge in [-0.05, 0) is 19.4 Å². The summed E-state index contributed by atoms with van der Waals surface area (Å²) in [5.74, 6) is -0.254. The van der Waals surface area contributed by atoms with E-state index in [1.54, 1.807) is 0 Å². The number of sulfonamides is 1. The van der Waals surface area contributed by atoms with E-state index in [9.17, 15) is 13.2 Å². The molecule has 0 saturated carbocycles. The number of rotatable bonds is 7. The second kappa shape index (κ2) is 7.02. The fourth-order valence-corrected chi connectivity index (χ4v) is 3.25. The number of hydrogen-bond acceptors (Lipinski definition) is 4. The van der Waals surface area contributed by atoms with Crippen LogP contribution in [-0.2, 0) is 10.0 Å². The molecule has 108 valence electrons. The minimum atomic E-state index is -3.72. The predicted molar refractivity (Wildman–Crippen MR) is 76.8 cm³/mol. The molecule has 0 aliphatic carbocycles. The van der Waals surface area contributed by atoms with Crippen molar-refractivity contribution in [3.05, 3.63) is 17.0 Å². The molecular weight excluding hydrogens is 284 g/mol. The summed E-state index contributed by atoms with van der Waals surface area (Å²) in [7, 11) is -3.72. The molecule has 1 aromatic rings. The molecule has 0 aliphatic heterocycles. The summed E-state index contributed by atoms with van der Waals surface area (Å²) in [6.07, 6.45) is 4.28. The third kappa shape index (κ3) is 5.30. The van der Waals surface area contributed by atoms with E-state index < -0.39 is 10.0 Å². The third-order valence-electron chi connectivity index (χ3n) is 2.74. The average Bonchev–Trinajstić information content (AvgIpc) is 2.78. The highest BCUT2D eigenvalue weighted by Crippen LogP contribution is 2.18. The summed E-state index contributed by atoms with van der Waals surface area (Å²) >= 11 is 0.960. The SMILES string of the molecule is CCCCCC(C)NC(=O)c1csc(S(N)(=O)=O)c1. The van der Waals surface area contributed by atoms with Crippen molar-refractivity contribution in [1.29, 1.82) is 0 Å². The van der Waals surface area contributed by atoms with E-state index in [1.807, 2.05) is 6.92 Å². The maximum absolute atomic E-state index is 11.9. The molecule has 0 radical (unpaired) electrons. The highest BCUT2D eigenvalue weighted by atomic mass is 32.2. The van der Waals surface area contributed by atoms with Gasteiger partial charge in [0.25, 0.3) is 5.91 Å². The second-order valence-corrected chi connectivity index (χ2v) is 7.27. The number of primary sulfonamides is 1. The number of hydrogen-bond donors (Lipinski definition) is 2. The van der Waals surface area contributed by atoms with E-state index in [0.29, 0.717) is 5.56 Å². The molecule has 0 saturated heterocycles. The number of nitrogens with one attached hydrogen (secondary N) is 1. The Labute approximate surface area is 118 Å². The zero-order chi connectivity index (χ0) is 14.5. The molecule has 0 fully saturated rings. The lowest BCUT2D eigenvalue weighted by Crippen LogP contribution is -2.32. The third-order valence-corrected chi connectivity index (χ3v) is 5.12. The van der Waals surface area contributed by atoms with Crippen LogP contribution in [0.1, 0.15) is 49.9 Å². The van der Waals surface area contributed by atoms with E-state index in [-0.39, 0.29) is 16.2 Å². The van der Waals surface area contributed by atoms with Gasteiger partial charge in [0, 0.05) is 11.4 Å². The summed E-state index contributed by atoms with van der Waals surface area (Å²) in [4.78, 5) is 11.9. The minimum absolute atomic E-state index is 0.0105. The molecule has 1 rings (SSSR count). The first-order valence-electron chi connectivity index (χ1n) is 6.26. The first-order chi connectivity index (χ1) is 8.84. The van der Waals surface area contributed by atoms with E-state index in [0.717, 1.165) is 37.0 Å². The Morgan fingerprint density at radius 2 is 2.16 bits per heavy atom. The Balaban J connectivity index is 2.56. The van der Waals surface area contributed by atoms with Crippen LogP contribution in [0, 0.1) is 0 Å². The summed E-state index contributed by atoms with van der Waals surface area (Å²) in [5, 5.41) is 9.36. The molecule has 1 unspecified atom stereocenters. The van der Waals surface area contributed by atoms with Gasteiger partial charge in [0.05, 0.1) is 5.56 Å². The molecule has 1 aromatic heterocycles. The zero-order valence-electron chi connectivity index (χ0n) is 11.2. The molecule has 0 spiro atoms. The number of carbonyl (C=O) groups excluding carboxylic acids is 1. The van der Waals surface area contributed by atoms with Gasteiger partial charge in [0.1, 0.15) is 4.21 Å². The molecule has 3 N–H and O–H groups in total.